The predicted octanol–water partition coefficient (Wildman–Crippen LogP) is 1.46. The summed E-state index contributed by atoms with van der Waals surface area (Å²) in [6.07, 6.45) is 2.88. The SMILES string of the molecule is CC(C)(C)C(=O)Cn1cncc(I)c1=O. The molecular weight excluding hydrogens is 307 g/mol. The molecule has 0 saturated carbocycles. The van der Waals surface area contributed by atoms with E-state index in [9.17, 15) is 9.59 Å². The molecule has 1 aromatic heterocycles. The van der Waals surface area contributed by atoms with Gasteiger partial charge in [-0.15, -0.1) is 0 Å². The molecule has 82 valence electrons. The van der Waals surface area contributed by atoms with E-state index in [1.807, 2.05) is 43.4 Å². The molecule has 0 aliphatic heterocycles. The lowest BCUT2D eigenvalue weighted by Gasteiger charge is -2.16. The van der Waals surface area contributed by atoms with Crippen LogP contribution in [0.5, 0.6) is 0 Å². The number of carbonyl (C=O) groups is 1. The Hall–Kier alpha value is -0.720. The summed E-state index contributed by atoms with van der Waals surface area (Å²) in [5.41, 5.74) is -0.594. The van der Waals surface area contributed by atoms with Crippen LogP contribution in [0.15, 0.2) is 17.3 Å². The zero-order chi connectivity index (χ0) is 11.6. The van der Waals surface area contributed by atoms with Crippen LogP contribution >= 0.6 is 22.6 Å². The van der Waals surface area contributed by atoms with Crippen LogP contribution in [0.25, 0.3) is 0 Å². The van der Waals surface area contributed by atoms with E-state index >= 15 is 0 Å². The third-order valence-electron chi connectivity index (χ3n) is 2.01. The molecule has 0 radical (unpaired) electrons. The normalized spacial score (nSPS) is 11.5. The second-order valence-corrected chi connectivity index (χ2v) is 5.51. The average Bonchev–Trinajstić information content (AvgIpc) is 2.11. The van der Waals surface area contributed by atoms with Gasteiger partial charge in [-0.05, 0) is 22.6 Å². The van der Waals surface area contributed by atoms with Gasteiger partial charge in [0.2, 0.25) is 0 Å². The van der Waals surface area contributed by atoms with Gasteiger partial charge in [0.15, 0.2) is 5.78 Å². The maximum atomic E-state index is 11.7. The van der Waals surface area contributed by atoms with Crippen molar-refractivity contribution in [2.75, 3.05) is 0 Å². The monoisotopic (exact) mass is 320 g/mol. The highest BCUT2D eigenvalue weighted by molar-refractivity contribution is 14.1. The van der Waals surface area contributed by atoms with Gasteiger partial charge in [0.05, 0.1) is 16.4 Å². The number of Topliss-reactive ketones (excluding diaryl/α,β-unsaturated/α-hetero) is 1. The minimum atomic E-state index is -0.430. The van der Waals surface area contributed by atoms with Crippen molar-refractivity contribution in [1.82, 2.24) is 9.55 Å². The van der Waals surface area contributed by atoms with Crippen LogP contribution < -0.4 is 5.56 Å². The van der Waals surface area contributed by atoms with Crippen molar-refractivity contribution in [1.29, 1.82) is 0 Å². The molecule has 1 rings (SSSR count). The summed E-state index contributed by atoms with van der Waals surface area (Å²) in [6.45, 7) is 5.59. The molecule has 1 aromatic rings. The number of hydrogen-bond donors (Lipinski definition) is 0. The minimum Gasteiger partial charge on any atom is -0.297 e. The second-order valence-electron chi connectivity index (χ2n) is 4.35. The highest BCUT2D eigenvalue weighted by Crippen LogP contribution is 2.14. The van der Waals surface area contributed by atoms with Crippen molar-refractivity contribution >= 4 is 28.4 Å². The number of rotatable bonds is 2. The Morgan fingerprint density at radius 2 is 2.13 bits per heavy atom. The zero-order valence-corrected chi connectivity index (χ0v) is 11.1. The molecule has 5 heteroatoms. The molecule has 1 heterocycles. The lowest BCUT2D eigenvalue weighted by atomic mass is 9.91. The highest BCUT2D eigenvalue weighted by atomic mass is 127. The molecule has 0 saturated heterocycles. The van der Waals surface area contributed by atoms with E-state index in [1.165, 1.54) is 17.1 Å². The fraction of sp³-hybridized carbons (Fsp3) is 0.500. The molecular formula is C10H13IN2O2. The first-order valence-corrected chi connectivity index (χ1v) is 5.63. The molecule has 0 aliphatic rings. The zero-order valence-electron chi connectivity index (χ0n) is 8.95. The molecule has 0 aromatic carbocycles. The number of aromatic nitrogens is 2. The van der Waals surface area contributed by atoms with Crippen molar-refractivity contribution in [3.8, 4) is 0 Å². The van der Waals surface area contributed by atoms with Crippen LogP contribution in [0.4, 0.5) is 0 Å². The minimum absolute atomic E-state index is 0.0217. The first-order chi connectivity index (χ1) is 6.82. The van der Waals surface area contributed by atoms with Gasteiger partial charge in [-0.1, -0.05) is 20.8 Å². The maximum absolute atomic E-state index is 11.7. The van der Waals surface area contributed by atoms with Gasteiger partial charge in [0, 0.05) is 11.6 Å². The number of carbonyl (C=O) groups excluding carboxylic acids is 1. The van der Waals surface area contributed by atoms with Crippen molar-refractivity contribution in [2.24, 2.45) is 5.41 Å². The van der Waals surface area contributed by atoms with Crippen molar-refractivity contribution in [3.05, 3.63) is 26.4 Å². The van der Waals surface area contributed by atoms with E-state index in [1.54, 1.807) is 0 Å². The van der Waals surface area contributed by atoms with Gasteiger partial charge in [-0.2, -0.15) is 0 Å². The van der Waals surface area contributed by atoms with Crippen molar-refractivity contribution in [3.63, 3.8) is 0 Å². The Bertz CT molecular complexity index is 432. The third-order valence-corrected chi connectivity index (χ3v) is 2.75. The summed E-state index contributed by atoms with van der Waals surface area (Å²) in [5.74, 6) is 0.0217. The Morgan fingerprint density at radius 1 is 1.53 bits per heavy atom. The fourth-order valence-electron chi connectivity index (χ4n) is 0.929. The molecule has 0 amide bonds. The van der Waals surface area contributed by atoms with Gasteiger partial charge >= 0.3 is 0 Å². The highest BCUT2D eigenvalue weighted by Gasteiger charge is 2.21. The number of halogens is 1. The number of ketones is 1. The summed E-state index contributed by atoms with van der Waals surface area (Å²) in [4.78, 5) is 27.2. The molecule has 0 N–H and O–H groups in total. The van der Waals surface area contributed by atoms with E-state index < -0.39 is 5.41 Å². The predicted molar refractivity (Wildman–Crippen MR) is 65.7 cm³/mol. The Balaban J connectivity index is 2.97. The molecule has 0 fully saturated rings. The van der Waals surface area contributed by atoms with E-state index in [2.05, 4.69) is 4.98 Å². The molecule has 4 nitrogen and oxygen atoms in total. The van der Waals surface area contributed by atoms with Gasteiger partial charge in [0.25, 0.3) is 5.56 Å². The summed E-state index contributed by atoms with van der Waals surface area (Å²) in [7, 11) is 0. The lowest BCUT2D eigenvalue weighted by Crippen LogP contribution is -2.31. The van der Waals surface area contributed by atoms with Crippen molar-refractivity contribution in [2.45, 2.75) is 27.3 Å². The Morgan fingerprint density at radius 3 is 2.67 bits per heavy atom. The topological polar surface area (TPSA) is 52.0 Å². The van der Waals surface area contributed by atoms with Gasteiger partial charge in [0.1, 0.15) is 0 Å². The standard InChI is InChI=1S/C10H13IN2O2/c1-10(2,3)8(14)5-13-6-12-4-7(11)9(13)15/h4,6H,5H2,1-3H3. The first-order valence-electron chi connectivity index (χ1n) is 4.55. The van der Waals surface area contributed by atoms with E-state index in [4.69, 9.17) is 0 Å². The van der Waals surface area contributed by atoms with Crippen molar-refractivity contribution < 1.29 is 4.79 Å². The summed E-state index contributed by atoms with van der Waals surface area (Å²) >= 11 is 1.91. The van der Waals surface area contributed by atoms with Gasteiger partial charge in [-0.25, -0.2) is 4.98 Å². The van der Waals surface area contributed by atoms with Crippen LogP contribution in [-0.2, 0) is 11.3 Å². The summed E-state index contributed by atoms with van der Waals surface area (Å²) < 4.78 is 1.87. The summed E-state index contributed by atoms with van der Waals surface area (Å²) in [6, 6.07) is 0. The van der Waals surface area contributed by atoms with Crippen LogP contribution in [0, 0.1) is 8.99 Å². The molecule has 0 aliphatic carbocycles. The molecule has 0 unspecified atom stereocenters. The molecule has 0 spiro atoms. The Labute approximate surface area is 102 Å². The lowest BCUT2D eigenvalue weighted by molar-refractivity contribution is -0.126. The smallest absolute Gasteiger partial charge is 0.267 e. The van der Waals surface area contributed by atoms with Gasteiger partial charge < -0.3 is 0 Å². The Kier molecular flexibility index (Phi) is 3.64. The largest absolute Gasteiger partial charge is 0.297 e. The van der Waals surface area contributed by atoms with Crippen LogP contribution in [0.3, 0.4) is 0 Å². The van der Waals surface area contributed by atoms with E-state index in [0.29, 0.717) is 3.57 Å². The van der Waals surface area contributed by atoms with Crippen LogP contribution in [-0.4, -0.2) is 15.3 Å². The van der Waals surface area contributed by atoms with Crippen LogP contribution in [0.2, 0.25) is 0 Å². The molecule has 15 heavy (non-hydrogen) atoms. The van der Waals surface area contributed by atoms with Gasteiger partial charge in [-0.3, -0.25) is 14.2 Å². The van der Waals surface area contributed by atoms with E-state index in [-0.39, 0.29) is 17.9 Å². The fourth-order valence-corrected chi connectivity index (χ4v) is 1.40. The third kappa shape index (κ3) is 3.12. The first kappa shape index (κ1) is 12.4. The molecule has 0 bridgehead atoms. The number of hydrogen-bond acceptors (Lipinski definition) is 3. The van der Waals surface area contributed by atoms with Crippen LogP contribution in [0.1, 0.15) is 20.8 Å². The average molecular weight is 320 g/mol. The van der Waals surface area contributed by atoms with E-state index in [0.717, 1.165) is 0 Å². The molecule has 0 atom stereocenters. The quantitative estimate of drug-likeness (QED) is 0.776. The number of nitrogens with zero attached hydrogens (tertiary/aromatic N) is 2. The summed E-state index contributed by atoms with van der Waals surface area (Å²) in [5, 5.41) is 0. The maximum Gasteiger partial charge on any atom is 0.267 e. The second kappa shape index (κ2) is 4.42.